The highest BCUT2D eigenvalue weighted by Gasteiger charge is 2.25. The molecule has 1 heterocycles. The molecule has 0 saturated carbocycles. The average molecular weight is 441 g/mol. The van der Waals surface area contributed by atoms with Crippen molar-refractivity contribution in [3.8, 4) is 0 Å². The maximum absolute atomic E-state index is 12.9. The summed E-state index contributed by atoms with van der Waals surface area (Å²) in [6.45, 7) is 6.35. The van der Waals surface area contributed by atoms with Crippen LogP contribution in [-0.4, -0.2) is 33.0 Å². The molecule has 3 aromatic rings. The molecule has 0 spiro atoms. The van der Waals surface area contributed by atoms with Gasteiger partial charge in [-0.3, -0.25) is 4.79 Å². The summed E-state index contributed by atoms with van der Waals surface area (Å²) in [5, 5.41) is 0. The van der Waals surface area contributed by atoms with E-state index >= 15 is 0 Å². The molecule has 3 rings (SSSR count). The van der Waals surface area contributed by atoms with Gasteiger partial charge >= 0.3 is 0 Å². The van der Waals surface area contributed by atoms with Crippen molar-refractivity contribution < 1.29 is 18.1 Å². The minimum absolute atomic E-state index is 0.0700. The third kappa shape index (κ3) is 5.06. The number of benzene rings is 2. The van der Waals surface area contributed by atoms with Gasteiger partial charge in [-0.2, -0.15) is 0 Å². The summed E-state index contributed by atoms with van der Waals surface area (Å²) in [7, 11) is 0.272. The van der Waals surface area contributed by atoms with E-state index in [4.69, 9.17) is 0 Å². The number of aryl methyl sites for hydroxylation is 2. The van der Waals surface area contributed by atoms with Crippen LogP contribution in [0.5, 0.6) is 0 Å². The van der Waals surface area contributed by atoms with E-state index in [-0.39, 0.29) is 10.9 Å². The predicted octanol–water partition coefficient (Wildman–Crippen LogP) is 2.42. The fourth-order valence-corrected chi connectivity index (χ4v) is 4.72. The van der Waals surface area contributed by atoms with Crippen LogP contribution in [0.15, 0.2) is 65.6 Å². The van der Waals surface area contributed by atoms with Gasteiger partial charge in [-0.15, -0.1) is 0 Å². The van der Waals surface area contributed by atoms with Crippen molar-refractivity contribution in [3.63, 3.8) is 0 Å². The van der Waals surface area contributed by atoms with Gasteiger partial charge in [0.15, 0.2) is 0 Å². The molecule has 6 nitrogen and oxygen atoms in total. The molecule has 7 heteroatoms. The summed E-state index contributed by atoms with van der Waals surface area (Å²) in [5.74, 6) is -0.617. The molecule has 31 heavy (non-hydrogen) atoms. The summed E-state index contributed by atoms with van der Waals surface area (Å²) >= 11 is 0. The zero-order valence-electron chi connectivity index (χ0n) is 18.6. The zero-order chi connectivity index (χ0) is 22.8. The van der Waals surface area contributed by atoms with Gasteiger partial charge < -0.3 is 9.47 Å². The Morgan fingerprint density at radius 1 is 1.00 bits per heavy atom. The van der Waals surface area contributed by atoms with E-state index in [1.807, 2.05) is 39.0 Å². The molecule has 2 aromatic carbocycles. The number of carbonyl (C=O) groups excluding carboxylic acids is 1. The predicted molar refractivity (Wildman–Crippen MR) is 122 cm³/mol. The van der Waals surface area contributed by atoms with Gasteiger partial charge in [-0.05, 0) is 39.0 Å². The number of aromatic nitrogens is 1. The Morgan fingerprint density at radius 3 is 2.19 bits per heavy atom. The van der Waals surface area contributed by atoms with Gasteiger partial charge in [-0.1, -0.05) is 48.0 Å². The number of quaternary nitrogens is 1. The smallest absolute Gasteiger partial charge is 0.266 e. The van der Waals surface area contributed by atoms with Crippen molar-refractivity contribution in [3.05, 3.63) is 88.7 Å². The quantitative estimate of drug-likeness (QED) is 0.593. The monoisotopic (exact) mass is 440 g/mol. The minimum Gasteiger partial charge on any atom is -0.342 e. The van der Waals surface area contributed by atoms with Gasteiger partial charge in [-0.25, -0.2) is 13.1 Å². The number of likely N-dealkylation sites (N-methyl/N-ethyl adjacent to an activating group) is 1. The van der Waals surface area contributed by atoms with Crippen LogP contribution >= 0.6 is 0 Å². The van der Waals surface area contributed by atoms with Crippen molar-refractivity contribution in [1.29, 1.82) is 0 Å². The first-order valence-corrected chi connectivity index (χ1v) is 11.7. The van der Waals surface area contributed by atoms with E-state index in [1.165, 1.54) is 22.6 Å². The third-order valence-electron chi connectivity index (χ3n) is 5.64. The first-order valence-electron chi connectivity index (χ1n) is 10.3. The van der Waals surface area contributed by atoms with Crippen LogP contribution in [0.4, 0.5) is 0 Å². The number of carbonyl (C=O) groups is 1. The Bertz CT molecular complexity index is 1160. The Kier molecular flexibility index (Phi) is 6.67. The Morgan fingerprint density at radius 2 is 1.61 bits per heavy atom. The van der Waals surface area contributed by atoms with E-state index in [2.05, 4.69) is 35.5 Å². The first-order chi connectivity index (χ1) is 14.6. The first kappa shape index (κ1) is 22.8. The summed E-state index contributed by atoms with van der Waals surface area (Å²) in [5.41, 5.74) is 4.19. The Hall–Kier alpha value is -2.90. The highest BCUT2D eigenvalue weighted by atomic mass is 32.2. The number of hydrogen-bond acceptors (Lipinski definition) is 3. The van der Waals surface area contributed by atoms with Gasteiger partial charge in [0.2, 0.25) is 0 Å². The van der Waals surface area contributed by atoms with Crippen LogP contribution in [0.3, 0.4) is 0 Å². The molecule has 0 aliphatic rings. The highest BCUT2D eigenvalue weighted by Crippen LogP contribution is 2.20. The zero-order valence-corrected chi connectivity index (χ0v) is 19.5. The van der Waals surface area contributed by atoms with Crippen molar-refractivity contribution >= 4 is 15.9 Å². The van der Waals surface area contributed by atoms with Gasteiger partial charge in [0.05, 0.1) is 31.1 Å². The molecule has 0 saturated heterocycles. The molecular formula is C24H30N3O3S+. The van der Waals surface area contributed by atoms with E-state index < -0.39 is 15.9 Å². The molecule has 0 fully saturated rings. The molecule has 1 aromatic heterocycles. The summed E-state index contributed by atoms with van der Waals surface area (Å²) in [4.78, 5) is 14.2. The normalized spacial score (nSPS) is 12.7. The molecule has 0 radical (unpaired) electrons. The maximum atomic E-state index is 12.9. The van der Waals surface area contributed by atoms with Crippen molar-refractivity contribution in [2.45, 2.75) is 38.3 Å². The van der Waals surface area contributed by atoms with E-state index in [0.717, 1.165) is 17.0 Å². The van der Waals surface area contributed by atoms with Crippen molar-refractivity contribution in [1.82, 2.24) is 9.29 Å². The van der Waals surface area contributed by atoms with E-state index in [9.17, 15) is 13.2 Å². The fraction of sp³-hybridized carbons (Fsp3) is 0.292. The number of amides is 1. The van der Waals surface area contributed by atoms with Crippen LogP contribution in [-0.2, 0) is 16.6 Å². The molecule has 2 N–H and O–H groups in total. The molecule has 0 aliphatic heterocycles. The summed E-state index contributed by atoms with van der Waals surface area (Å²) in [6.07, 6.45) is 0. The van der Waals surface area contributed by atoms with Crippen molar-refractivity contribution in [2.75, 3.05) is 14.1 Å². The molecule has 0 bridgehead atoms. The molecule has 1 atom stereocenters. The standard InChI is InChI=1S/C24H29N3O3S/c1-17-11-13-21(14-12-17)31(29,30)25-24(28)22-15-18(2)27(19(22)3)16-23(26(4)5)20-9-7-6-8-10-20/h6-15,23H,16H2,1-5H3,(H,25,28)/p+1/t23-/m0/s1. The SMILES string of the molecule is Cc1ccc(S(=O)(=O)NC(=O)c2cc(C)n(C[C@@H](c3ccccc3)[NH+](C)C)c2C)cc1. The summed E-state index contributed by atoms with van der Waals surface area (Å²) in [6, 6.07) is 18.6. The molecular weight excluding hydrogens is 410 g/mol. The lowest BCUT2D eigenvalue weighted by atomic mass is 10.1. The second-order valence-electron chi connectivity index (χ2n) is 8.18. The molecule has 0 unspecified atom stereocenters. The van der Waals surface area contributed by atoms with E-state index in [0.29, 0.717) is 12.1 Å². The molecule has 164 valence electrons. The molecule has 0 aliphatic carbocycles. The second-order valence-corrected chi connectivity index (χ2v) is 9.87. The third-order valence-corrected chi connectivity index (χ3v) is 6.99. The maximum Gasteiger partial charge on any atom is 0.266 e. The highest BCUT2D eigenvalue weighted by molar-refractivity contribution is 7.90. The number of nitrogens with zero attached hydrogens (tertiary/aromatic N) is 1. The second kappa shape index (κ2) is 9.08. The number of nitrogens with one attached hydrogen (secondary N) is 2. The Labute approximate surface area is 184 Å². The van der Waals surface area contributed by atoms with Crippen LogP contribution in [0.25, 0.3) is 0 Å². The number of hydrogen-bond donors (Lipinski definition) is 2. The van der Waals surface area contributed by atoms with Gasteiger partial charge in [0.25, 0.3) is 15.9 Å². The topological polar surface area (TPSA) is 72.6 Å². The average Bonchev–Trinajstić information content (AvgIpc) is 3.00. The fourth-order valence-electron chi connectivity index (χ4n) is 3.75. The minimum atomic E-state index is -3.94. The lowest BCUT2D eigenvalue weighted by Gasteiger charge is -2.24. The lowest BCUT2D eigenvalue weighted by Crippen LogP contribution is -3.06. The van der Waals surface area contributed by atoms with Crippen LogP contribution in [0.2, 0.25) is 0 Å². The van der Waals surface area contributed by atoms with Crippen molar-refractivity contribution in [2.24, 2.45) is 0 Å². The summed E-state index contributed by atoms with van der Waals surface area (Å²) < 4.78 is 29.6. The van der Waals surface area contributed by atoms with Crippen LogP contribution in [0, 0.1) is 20.8 Å². The van der Waals surface area contributed by atoms with Gasteiger partial charge in [0, 0.05) is 17.0 Å². The van der Waals surface area contributed by atoms with Crippen LogP contribution in [0.1, 0.15) is 38.9 Å². The Balaban J connectivity index is 1.86. The van der Waals surface area contributed by atoms with Gasteiger partial charge in [0.1, 0.15) is 6.04 Å². The number of rotatable bonds is 7. The largest absolute Gasteiger partial charge is 0.342 e. The number of sulfonamides is 1. The van der Waals surface area contributed by atoms with E-state index in [1.54, 1.807) is 18.2 Å². The lowest BCUT2D eigenvalue weighted by molar-refractivity contribution is -0.893. The van der Waals surface area contributed by atoms with Crippen LogP contribution < -0.4 is 9.62 Å². The molecule has 1 amide bonds.